The maximum atomic E-state index is 11.4. The monoisotopic (exact) mass is 208 g/mol. The Labute approximate surface area is 89.5 Å². The summed E-state index contributed by atoms with van der Waals surface area (Å²) in [6, 6.07) is 0. The van der Waals surface area contributed by atoms with E-state index >= 15 is 0 Å². The van der Waals surface area contributed by atoms with E-state index in [1.54, 1.807) is 0 Å². The highest BCUT2D eigenvalue weighted by molar-refractivity contribution is 5.96. The molecule has 0 aromatic heterocycles. The minimum Gasteiger partial charge on any atom is -0.393 e. The predicted molar refractivity (Wildman–Crippen MR) is 54.9 cm³/mol. The van der Waals surface area contributed by atoms with Gasteiger partial charge in [0.05, 0.1) is 11.8 Å². The van der Waals surface area contributed by atoms with Gasteiger partial charge in [0.25, 0.3) is 0 Å². The van der Waals surface area contributed by atoms with E-state index in [0.29, 0.717) is 18.8 Å². The molecule has 2 rings (SSSR count). The average molecular weight is 208 g/mol. The Kier molecular flexibility index (Phi) is 2.63. The molecule has 0 aromatic rings. The van der Waals surface area contributed by atoms with Gasteiger partial charge in [0.1, 0.15) is 0 Å². The molecule has 0 saturated carbocycles. The SMILES string of the molecule is CCC(C)C1=CCC2C(=O)OC(=O)C2C1. The fraction of sp³-hybridized carbons (Fsp3) is 0.667. The number of carbonyl (C=O) groups is 2. The van der Waals surface area contributed by atoms with Crippen molar-refractivity contribution in [2.45, 2.75) is 33.1 Å². The lowest BCUT2D eigenvalue weighted by atomic mass is 9.77. The predicted octanol–water partition coefficient (Wildman–Crippen LogP) is 2.07. The molecule has 1 aliphatic heterocycles. The van der Waals surface area contributed by atoms with Crippen LogP contribution in [0.25, 0.3) is 0 Å². The van der Waals surface area contributed by atoms with E-state index in [0.717, 1.165) is 6.42 Å². The molecule has 3 atom stereocenters. The number of hydrogen-bond acceptors (Lipinski definition) is 3. The van der Waals surface area contributed by atoms with Gasteiger partial charge in [0.15, 0.2) is 0 Å². The van der Waals surface area contributed by atoms with Crippen LogP contribution in [0.4, 0.5) is 0 Å². The van der Waals surface area contributed by atoms with Crippen LogP contribution in [0.3, 0.4) is 0 Å². The summed E-state index contributed by atoms with van der Waals surface area (Å²) in [5.74, 6) is -0.547. The third kappa shape index (κ3) is 1.71. The van der Waals surface area contributed by atoms with Crippen molar-refractivity contribution in [1.29, 1.82) is 0 Å². The highest BCUT2D eigenvalue weighted by atomic mass is 16.6. The van der Waals surface area contributed by atoms with E-state index in [2.05, 4.69) is 24.7 Å². The van der Waals surface area contributed by atoms with Crippen LogP contribution in [-0.2, 0) is 14.3 Å². The van der Waals surface area contributed by atoms with Crippen LogP contribution in [0.1, 0.15) is 33.1 Å². The summed E-state index contributed by atoms with van der Waals surface area (Å²) in [5, 5.41) is 0. The van der Waals surface area contributed by atoms with Crippen LogP contribution in [0, 0.1) is 17.8 Å². The minimum absolute atomic E-state index is 0.202. The second kappa shape index (κ2) is 3.80. The lowest BCUT2D eigenvalue weighted by Gasteiger charge is -2.23. The fourth-order valence-corrected chi connectivity index (χ4v) is 2.35. The maximum Gasteiger partial charge on any atom is 0.317 e. The Hall–Kier alpha value is -1.12. The van der Waals surface area contributed by atoms with Crippen LogP contribution in [-0.4, -0.2) is 11.9 Å². The summed E-state index contributed by atoms with van der Waals surface area (Å²) in [5.41, 5.74) is 1.31. The van der Waals surface area contributed by atoms with Crippen molar-refractivity contribution in [3.8, 4) is 0 Å². The average Bonchev–Trinajstić information content (AvgIpc) is 2.53. The molecule has 82 valence electrons. The van der Waals surface area contributed by atoms with Crippen LogP contribution in [0.2, 0.25) is 0 Å². The van der Waals surface area contributed by atoms with Gasteiger partial charge in [-0.1, -0.05) is 25.5 Å². The molecule has 1 fully saturated rings. The van der Waals surface area contributed by atoms with Gasteiger partial charge in [-0.05, 0) is 25.2 Å². The van der Waals surface area contributed by atoms with E-state index in [4.69, 9.17) is 0 Å². The molecule has 15 heavy (non-hydrogen) atoms. The Morgan fingerprint density at radius 2 is 2.07 bits per heavy atom. The second-order valence-electron chi connectivity index (χ2n) is 4.48. The van der Waals surface area contributed by atoms with Gasteiger partial charge >= 0.3 is 11.9 Å². The zero-order chi connectivity index (χ0) is 11.0. The Morgan fingerprint density at radius 3 is 2.73 bits per heavy atom. The highest BCUT2D eigenvalue weighted by Crippen LogP contribution is 2.38. The fourth-order valence-electron chi connectivity index (χ4n) is 2.35. The molecule has 0 radical (unpaired) electrons. The largest absolute Gasteiger partial charge is 0.393 e. The van der Waals surface area contributed by atoms with Crippen molar-refractivity contribution in [2.24, 2.45) is 17.8 Å². The van der Waals surface area contributed by atoms with Gasteiger partial charge in [-0.15, -0.1) is 0 Å². The van der Waals surface area contributed by atoms with Crippen molar-refractivity contribution < 1.29 is 14.3 Å². The first-order chi connectivity index (χ1) is 7.13. The molecule has 0 amide bonds. The van der Waals surface area contributed by atoms with Gasteiger partial charge in [-0.25, -0.2) is 0 Å². The number of ether oxygens (including phenoxy) is 1. The van der Waals surface area contributed by atoms with Crippen LogP contribution < -0.4 is 0 Å². The molecule has 1 aliphatic carbocycles. The van der Waals surface area contributed by atoms with Crippen LogP contribution >= 0.6 is 0 Å². The first kappa shape index (κ1) is 10.4. The van der Waals surface area contributed by atoms with Crippen LogP contribution in [0.15, 0.2) is 11.6 Å². The molecule has 3 heteroatoms. The Bertz CT molecular complexity index is 330. The Morgan fingerprint density at radius 1 is 1.40 bits per heavy atom. The molecular formula is C12H16O3. The zero-order valence-electron chi connectivity index (χ0n) is 9.16. The van der Waals surface area contributed by atoms with Gasteiger partial charge in [0, 0.05) is 0 Å². The van der Waals surface area contributed by atoms with E-state index in [1.165, 1.54) is 5.57 Å². The molecule has 2 aliphatic rings. The first-order valence-electron chi connectivity index (χ1n) is 5.58. The summed E-state index contributed by atoms with van der Waals surface area (Å²) in [7, 11) is 0. The number of cyclic esters (lactones) is 2. The molecule has 1 heterocycles. The first-order valence-corrected chi connectivity index (χ1v) is 5.58. The van der Waals surface area contributed by atoms with E-state index < -0.39 is 0 Å². The third-order valence-corrected chi connectivity index (χ3v) is 3.63. The van der Waals surface area contributed by atoms with Crippen molar-refractivity contribution >= 4 is 11.9 Å². The van der Waals surface area contributed by atoms with Crippen molar-refractivity contribution in [2.75, 3.05) is 0 Å². The standard InChI is InChI=1S/C12H16O3/c1-3-7(2)8-4-5-9-10(6-8)12(14)15-11(9)13/h4,7,9-10H,3,5-6H2,1-2H3. The van der Waals surface area contributed by atoms with Crippen molar-refractivity contribution in [1.82, 2.24) is 0 Å². The lowest BCUT2D eigenvalue weighted by Crippen LogP contribution is -2.23. The third-order valence-electron chi connectivity index (χ3n) is 3.63. The molecular weight excluding hydrogens is 192 g/mol. The number of allylic oxidation sites excluding steroid dienone is 2. The summed E-state index contributed by atoms with van der Waals surface area (Å²) >= 11 is 0. The van der Waals surface area contributed by atoms with E-state index in [1.807, 2.05) is 0 Å². The second-order valence-corrected chi connectivity index (χ2v) is 4.48. The lowest BCUT2D eigenvalue weighted by molar-refractivity contribution is -0.153. The topological polar surface area (TPSA) is 43.4 Å². The molecule has 0 N–H and O–H groups in total. The van der Waals surface area contributed by atoms with Gasteiger partial charge < -0.3 is 4.74 Å². The number of fused-ring (bicyclic) bond motifs is 1. The smallest absolute Gasteiger partial charge is 0.317 e. The van der Waals surface area contributed by atoms with Gasteiger partial charge in [-0.3, -0.25) is 9.59 Å². The molecule has 3 nitrogen and oxygen atoms in total. The Balaban J connectivity index is 2.16. The number of esters is 2. The van der Waals surface area contributed by atoms with Gasteiger partial charge in [0.2, 0.25) is 0 Å². The van der Waals surface area contributed by atoms with Crippen LogP contribution in [0.5, 0.6) is 0 Å². The molecule has 3 unspecified atom stereocenters. The summed E-state index contributed by atoms with van der Waals surface area (Å²) in [6.45, 7) is 4.30. The normalized spacial score (nSPS) is 32.0. The maximum absolute atomic E-state index is 11.4. The molecule has 0 aromatic carbocycles. The van der Waals surface area contributed by atoms with Gasteiger partial charge in [-0.2, -0.15) is 0 Å². The number of carbonyl (C=O) groups excluding carboxylic acids is 2. The minimum atomic E-state index is -0.329. The highest BCUT2D eigenvalue weighted by Gasteiger charge is 2.45. The molecule has 0 spiro atoms. The summed E-state index contributed by atoms with van der Waals surface area (Å²) < 4.78 is 4.66. The van der Waals surface area contributed by atoms with E-state index in [9.17, 15) is 9.59 Å². The van der Waals surface area contributed by atoms with E-state index in [-0.39, 0.29) is 23.8 Å². The number of hydrogen-bond donors (Lipinski definition) is 0. The van der Waals surface area contributed by atoms with Crippen molar-refractivity contribution in [3.05, 3.63) is 11.6 Å². The molecule has 0 bridgehead atoms. The molecule has 1 saturated heterocycles. The summed E-state index contributed by atoms with van der Waals surface area (Å²) in [6.07, 6.45) is 4.58. The zero-order valence-corrected chi connectivity index (χ0v) is 9.16. The summed E-state index contributed by atoms with van der Waals surface area (Å²) in [4.78, 5) is 22.7. The van der Waals surface area contributed by atoms with Crippen molar-refractivity contribution in [3.63, 3.8) is 0 Å². The number of rotatable bonds is 2. The quantitative estimate of drug-likeness (QED) is 0.396.